The smallest absolute Gasteiger partial charge is 0.257 e. The van der Waals surface area contributed by atoms with Crippen molar-refractivity contribution < 1.29 is 4.79 Å². The Morgan fingerprint density at radius 1 is 1.30 bits per heavy atom. The molecule has 0 aromatic carbocycles. The van der Waals surface area contributed by atoms with E-state index in [2.05, 4.69) is 10.3 Å². The van der Waals surface area contributed by atoms with Crippen LogP contribution in [0.3, 0.4) is 0 Å². The zero-order valence-electron chi connectivity index (χ0n) is 12.0. The first-order valence-electron chi connectivity index (χ1n) is 7.83. The molecule has 2 fully saturated rings. The summed E-state index contributed by atoms with van der Waals surface area (Å²) in [6, 6.07) is 3.74. The van der Waals surface area contributed by atoms with Gasteiger partial charge in [-0.2, -0.15) is 0 Å². The molecule has 0 radical (unpaired) electrons. The van der Waals surface area contributed by atoms with E-state index >= 15 is 0 Å². The van der Waals surface area contributed by atoms with Crippen LogP contribution < -0.4 is 5.32 Å². The lowest BCUT2D eigenvalue weighted by Crippen LogP contribution is -2.36. The van der Waals surface area contributed by atoms with Crippen molar-refractivity contribution in [3.63, 3.8) is 0 Å². The summed E-state index contributed by atoms with van der Waals surface area (Å²) in [7, 11) is 0. The van der Waals surface area contributed by atoms with E-state index in [-0.39, 0.29) is 5.91 Å². The Labute approximate surface area is 120 Å². The Bertz CT molecular complexity index is 465. The number of aromatic nitrogens is 1. The average Bonchev–Trinajstić information content (AvgIpc) is 3.32. The van der Waals surface area contributed by atoms with Gasteiger partial charge in [0.05, 0.1) is 5.56 Å². The lowest BCUT2D eigenvalue weighted by Gasteiger charge is -2.27. The van der Waals surface area contributed by atoms with E-state index in [1.54, 1.807) is 6.20 Å². The Hall–Kier alpha value is -1.58. The molecule has 0 bridgehead atoms. The summed E-state index contributed by atoms with van der Waals surface area (Å²) < 4.78 is 0. The summed E-state index contributed by atoms with van der Waals surface area (Å²) in [5.41, 5.74) is 0.727. The second-order valence-electron chi connectivity index (χ2n) is 5.91. The fourth-order valence-corrected chi connectivity index (χ4v) is 2.79. The highest BCUT2D eigenvalue weighted by Gasteiger charge is 2.22. The number of rotatable bonds is 5. The molecule has 4 nitrogen and oxygen atoms in total. The number of hydrogen-bond acceptors (Lipinski definition) is 3. The number of piperidine rings is 1. The first-order valence-corrected chi connectivity index (χ1v) is 7.83. The number of nitrogens with one attached hydrogen (secondary N) is 1. The molecule has 0 unspecified atom stereocenters. The van der Waals surface area contributed by atoms with E-state index in [9.17, 15) is 4.79 Å². The van der Waals surface area contributed by atoms with Gasteiger partial charge in [0.25, 0.3) is 5.91 Å². The van der Waals surface area contributed by atoms with E-state index in [1.165, 1.54) is 25.7 Å². The topological polar surface area (TPSA) is 45.2 Å². The number of amides is 1. The average molecular weight is 273 g/mol. The van der Waals surface area contributed by atoms with Crippen LogP contribution in [0, 0.1) is 5.92 Å². The molecule has 1 saturated carbocycles. The molecule has 0 spiro atoms. The van der Waals surface area contributed by atoms with Gasteiger partial charge in [0, 0.05) is 25.8 Å². The van der Waals surface area contributed by atoms with Crippen molar-refractivity contribution in [1.82, 2.24) is 9.88 Å². The van der Waals surface area contributed by atoms with Crippen LogP contribution in [0.2, 0.25) is 0 Å². The molecule has 2 aliphatic rings. The third kappa shape index (κ3) is 3.30. The minimum Gasteiger partial charge on any atom is -0.369 e. The molecule has 1 aliphatic carbocycles. The maximum atomic E-state index is 12.6. The molecule has 1 N–H and O–H groups in total. The molecule has 1 aromatic rings. The second-order valence-corrected chi connectivity index (χ2v) is 5.91. The van der Waals surface area contributed by atoms with Crippen LogP contribution in [-0.4, -0.2) is 35.4 Å². The lowest BCUT2D eigenvalue weighted by atomic mass is 10.1. The number of carbonyl (C=O) groups is 1. The van der Waals surface area contributed by atoms with E-state index < -0.39 is 0 Å². The molecule has 1 amide bonds. The fraction of sp³-hybridized carbons (Fsp3) is 0.625. The zero-order valence-corrected chi connectivity index (χ0v) is 12.0. The predicted octanol–water partition coefficient (Wildman–Crippen LogP) is 2.92. The maximum Gasteiger partial charge on any atom is 0.257 e. The SMILES string of the molecule is O=C(c1cccnc1NCCC1CC1)N1CCCCC1. The van der Waals surface area contributed by atoms with Crippen LogP contribution in [0.1, 0.15) is 48.9 Å². The summed E-state index contributed by atoms with van der Waals surface area (Å²) in [6.07, 6.45) is 9.16. The molecule has 1 aliphatic heterocycles. The summed E-state index contributed by atoms with van der Waals surface area (Å²) in [6.45, 7) is 2.69. The number of anilines is 1. The molecule has 2 heterocycles. The predicted molar refractivity (Wildman–Crippen MR) is 79.8 cm³/mol. The Kier molecular flexibility index (Phi) is 4.19. The molecule has 3 rings (SSSR count). The van der Waals surface area contributed by atoms with E-state index in [0.717, 1.165) is 49.8 Å². The van der Waals surface area contributed by atoms with Gasteiger partial charge in [-0.05, 0) is 43.7 Å². The molecule has 4 heteroatoms. The summed E-state index contributed by atoms with van der Waals surface area (Å²) in [4.78, 5) is 18.9. The van der Waals surface area contributed by atoms with Crippen LogP contribution in [0.4, 0.5) is 5.82 Å². The van der Waals surface area contributed by atoms with Gasteiger partial charge in [0.2, 0.25) is 0 Å². The van der Waals surface area contributed by atoms with Crippen molar-refractivity contribution in [2.24, 2.45) is 5.92 Å². The summed E-state index contributed by atoms with van der Waals surface area (Å²) >= 11 is 0. The van der Waals surface area contributed by atoms with Gasteiger partial charge in [-0.3, -0.25) is 4.79 Å². The maximum absolute atomic E-state index is 12.6. The molecule has 108 valence electrons. The molecular formula is C16H23N3O. The van der Waals surface area contributed by atoms with E-state index in [1.807, 2.05) is 17.0 Å². The highest BCUT2D eigenvalue weighted by Crippen LogP contribution is 2.32. The van der Waals surface area contributed by atoms with Gasteiger partial charge in [-0.1, -0.05) is 12.8 Å². The van der Waals surface area contributed by atoms with Crippen molar-refractivity contribution in [2.45, 2.75) is 38.5 Å². The quantitative estimate of drug-likeness (QED) is 0.897. The normalized spacial score (nSPS) is 18.9. The monoisotopic (exact) mass is 273 g/mol. The number of carbonyl (C=O) groups excluding carboxylic acids is 1. The first kappa shape index (κ1) is 13.4. The Morgan fingerprint density at radius 2 is 2.10 bits per heavy atom. The lowest BCUT2D eigenvalue weighted by molar-refractivity contribution is 0.0725. The number of nitrogens with zero attached hydrogens (tertiary/aromatic N) is 2. The van der Waals surface area contributed by atoms with Crippen LogP contribution in [-0.2, 0) is 0 Å². The minimum absolute atomic E-state index is 0.131. The minimum atomic E-state index is 0.131. The highest BCUT2D eigenvalue weighted by molar-refractivity contribution is 5.98. The van der Waals surface area contributed by atoms with Crippen LogP contribution in [0.5, 0.6) is 0 Å². The standard InChI is InChI=1S/C16H23N3O/c20-16(19-11-2-1-3-12-19)14-5-4-9-17-15(14)18-10-8-13-6-7-13/h4-5,9,13H,1-3,6-8,10-12H2,(H,17,18). The van der Waals surface area contributed by atoms with Gasteiger partial charge >= 0.3 is 0 Å². The Balaban J connectivity index is 1.65. The van der Waals surface area contributed by atoms with Crippen molar-refractivity contribution in [3.05, 3.63) is 23.9 Å². The molecular weight excluding hydrogens is 250 g/mol. The third-order valence-corrected chi connectivity index (χ3v) is 4.22. The largest absolute Gasteiger partial charge is 0.369 e. The molecule has 20 heavy (non-hydrogen) atoms. The molecule has 1 aromatic heterocycles. The molecule has 0 atom stereocenters. The van der Waals surface area contributed by atoms with Gasteiger partial charge in [0.15, 0.2) is 0 Å². The van der Waals surface area contributed by atoms with Crippen molar-refractivity contribution in [3.8, 4) is 0 Å². The van der Waals surface area contributed by atoms with Gasteiger partial charge in [-0.15, -0.1) is 0 Å². The van der Waals surface area contributed by atoms with E-state index in [4.69, 9.17) is 0 Å². The fourth-order valence-electron chi connectivity index (χ4n) is 2.79. The van der Waals surface area contributed by atoms with Crippen LogP contribution in [0.25, 0.3) is 0 Å². The summed E-state index contributed by atoms with van der Waals surface area (Å²) in [5, 5.41) is 3.35. The first-order chi connectivity index (χ1) is 9.84. The second kappa shape index (κ2) is 6.25. The zero-order chi connectivity index (χ0) is 13.8. The van der Waals surface area contributed by atoms with Crippen LogP contribution >= 0.6 is 0 Å². The van der Waals surface area contributed by atoms with Gasteiger partial charge in [-0.25, -0.2) is 4.98 Å². The van der Waals surface area contributed by atoms with Crippen molar-refractivity contribution in [1.29, 1.82) is 0 Å². The van der Waals surface area contributed by atoms with Crippen LogP contribution in [0.15, 0.2) is 18.3 Å². The number of likely N-dealkylation sites (tertiary alicyclic amines) is 1. The summed E-state index contributed by atoms with van der Waals surface area (Å²) in [5.74, 6) is 1.78. The third-order valence-electron chi connectivity index (χ3n) is 4.22. The Morgan fingerprint density at radius 3 is 2.85 bits per heavy atom. The number of hydrogen-bond donors (Lipinski definition) is 1. The molecule has 1 saturated heterocycles. The van der Waals surface area contributed by atoms with E-state index in [0.29, 0.717) is 0 Å². The van der Waals surface area contributed by atoms with Gasteiger partial charge in [0.1, 0.15) is 5.82 Å². The number of pyridine rings is 1. The van der Waals surface area contributed by atoms with Crippen molar-refractivity contribution >= 4 is 11.7 Å². The van der Waals surface area contributed by atoms with Gasteiger partial charge < -0.3 is 10.2 Å². The highest BCUT2D eigenvalue weighted by atomic mass is 16.2. The van der Waals surface area contributed by atoms with Crippen molar-refractivity contribution in [2.75, 3.05) is 25.0 Å².